The molecule has 2 rings (SSSR count). The monoisotopic (exact) mass is 263 g/mol. The van der Waals surface area contributed by atoms with Crippen molar-refractivity contribution in [1.82, 2.24) is 5.32 Å². The first-order valence-electron chi connectivity index (χ1n) is 6.34. The molecule has 0 spiro atoms. The van der Waals surface area contributed by atoms with Crippen LogP contribution in [0.5, 0.6) is 0 Å². The maximum Gasteiger partial charge on any atom is 0.133 e. The fourth-order valence-electron chi connectivity index (χ4n) is 1.93. The molecular formula is C15H18FNO2. The molecule has 0 bridgehead atoms. The van der Waals surface area contributed by atoms with E-state index in [-0.39, 0.29) is 11.7 Å². The Morgan fingerprint density at radius 2 is 1.95 bits per heavy atom. The summed E-state index contributed by atoms with van der Waals surface area (Å²) in [4.78, 5) is 0. The zero-order valence-electron chi connectivity index (χ0n) is 10.8. The SMILES string of the molecule is CC(CNCC(O)c1ccco1)c1ccc(F)cc1. The largest absolute Gasteiger partial charge is 0.467 e. The lowest BCUT2D eigenvalue weighted by molar-refractivity contribution is 0.147. The molecule has 2 atom stereocenters. The maximum absolute atomic E-state index is 12.8. The average molecular weight is 263 g/mol. The summed E-state index contributed by atoms with van der Waals surface area (Å²) in [6, 6.07) is 9.98. The summed E-state index contributed by atoms with van der Waals surface area (Å²) in [6.07, 6.45) is 0.898. The van der Waals surface area contributed by atoms with Gasteiger partial charge in [0.2, 0.25) is 0 Å². The lowest BCUT2D eigenvalue weighted by Gasteiger charge is -2.14. The van der Waals surface area contributed by atoms with Crippen LogP contribution in [-0.4, -0.2) is 18.2 Å². The van der Waals surface area contributed by atoms with Gasteiger partial charge < -0.3 is 14.8 Å². The Balaban J connectivity index is 1.77. The quantitative estimate of drug-likeness (QED) is 0.842. The second kappa shape index (κ2) is 6.50. The second-order valence-corrected chi connectivity index (χ2v) is 4.64. The van der Waals surface area contributed by atoms with Crippen LogP contribution in [0.3, 0.4) is 0 Å². The first kappa shape index (κ1) is 13.8. The van der Waals surface area contributed by atoms with E-state index in [0.717, 1.165) is 5.56 Å². The second-order valence-electron chi connectivity index (χ2n) is 4.64. The molecule has 2 N–H and O–H groups in total. The molecule has 0 saturated carbocycles. The zero-order valence-corrected chi connectivity index (χ0v) is 10.8. The Morgan fingerprint density at radius 1 is 1.21 bits per heavy atom. The number of rotatable bonds is 6. The third-order valence-corrected chi connectivity index (χ3v) is 3.10. The molecule has 0 radical (unpaired) electrons. The molecule has 3 nitrogen and oxygen atoms in total. The van der Waals surface area contributed by atoms with E-state index in [2.05, 4.69) is 12.2 Å². The van der Waals surface area contributed by atoms with Gasteiger partial charge in [0.15, 0.2) is 0 Å². The summed E-state index contributed by atoms with van der Waals surface area (Å²) in [6.45, 7) is 3.20. The summed E-state index contributed by atoms with van der Waals surface area (Å²) >= 11 is 0. The first-order valence-corrected chi connectivity index (χ1v) is 6.34. The summed E-state index contributed by atoms with van der Waals surface area (Å²) in [5.41, 5.74) is 1.07. The van der Waals surface area contributed by atoms with Gasteiger partial charge in [-0.05, 0) is 35.7 Å². The highest BCUT2D eigenvalue weighted by atomic mass is 19.1. The van der Waals surface area contributed by atoms with E-state index in [0.29, 0.717) is 18.8 Å². The van der Waals surface area contributed by atoms with Crippen LogP contribution in [0.4, 0.5) is 4.39 Å². The predicted octanol–water partition coefficient (Wildman–Crippen LogP) is 2.85. The molecule has 0 aliphatic carbocycles. The van der Waals surface area contributed by atoms with Crippen molar-refractivity contribution in [1.29, 1.82) is 0 Å². The predicted molar refractivity (Wildman–Crippen MR) is 71.4 cm³/mol. The van der Waals surface area contributed by atoms with Crippen LogP contribution >= 0.6 is 0 Å². The van der Waals surface area contributed by atoms with Gasteiger partial charge in [-0.15, -0.1) is 0 Å². The molecule has 1 heterocycles. The molecular weight excluding hydrogens is 245 g/mol. The fourth-order valence-corrected chi connectivity index (χ4v) is 1.93. The molecule has 0 aliphatic rings. The number of hydrogen-bond donors (Lipinski definition) is 2. The van der Waals surface area contributed by atoms with Crippen LogP contribution in [0, 0.1) is 5.82 Å². The van der Waals surface area contributed by atoms with Crippen molar-refractivity contribution in [3.63, 3.8) is 0 Å². The first-order chi connectivity index (χ1) is 9.16. The summed E-state index contributed by atoms with van der Waals surface area (Å²) in [5, 5.41) is 13.0. The summed E-state index contributed by atoms with van der Waals surface area (Å²) in [7, 11) is 0. The van der Waals surface area contributed by atoms with E-state index >= 15 is 0 Å². The zero-order chi connectivity index (χ0) is 13.7. The van der Waals surface area contributed by atoms with Crippen molar-refractivity contribution in [2.75, 3.05) is 13.1 Å². The van der Waals surface area contributed by atoms with Crippen molar-refractivity contribution < 1.29 is 13.9 Å². The van der Waals surface area contributed by atoms with Crippen LogP contribution in [0.1, 0.15) is 30.3 Å². The number of aliphatic hydroxyl groups excluding tert-OH is 1. The molecule has 2 unspecified atom stereocenters. The number of hydrogen-bond acceptors (Lipinski definition) is 3. The fraction of sp³-hybridized carbons (Fsp3) is 0.333. The minimum absolute atomic E-state index is 0.225. The molecule has 1 aromatic heterocycles. The normalized spacial score (nSPS) is 14.3. The molecule has 2 aromatic rings. The lowest BCUT2D eigenvalue weighted by atomic mass is 10.0. The van der Waals surface area contributed by atoms with Crippen molar-refractivity contribution >= 4 is 0 Å². The Bertz CT molecular complexity index is 481. The van der Waals surface area contributed by atoms with Gasteiger partial charge >= 0.3 is 0 Å². The van der Waals surface area contributed by atoms with Crippen molar-refractivity contribution in [2.24, 2.45) is 0 Å². The van der Waals surface area contributed by atoms with Crippen LogP contribution in [-0.2, 0) is 0 Å². The molecule has 4 heteroatoms. The highest BCUT2D eigenvalue weighted by Gasteiger charge is 2.11. The number of benzene rings is 1. The van der Waals surface area contributed by atoms with Gasteiger partial charge in [-0.2, -0.15) is 0 Å². The third-order valence-electron chi connectivity index (χ3n) is 3.10. The highest BCUT2D eigenvalue weighted by molar-refractivity contribution is 5.20. The topological polar surface area (TPSA) is 45.4 Å². The Kier molecular flexibility index (Phi) is 4.71. The Labute approximate surface area is 112 Å². The Hall–Kier alpha value is -1.65. The molecule has 19 heavy (non-hydrogen) atoms. The van der Waals surface area contributed by atoms with Gasteiger partial charge in [-0.3, -0.25) is 0 Å². The van der Waals surface area contributed by atoms with Crippen LogP contribution in [0.2, 0.25) is 0 Å². The molecule has 1 aromatic carbocycles. The lowest BCUT2D eigenvalue weighted by Crippen LogP contribution is -2.25. The number of nitrogens with one attached hydrogen (secondary N) is 1. The van der Waals surface area contributed by atoms with Gasteiger partial charge in [0.1, 0.15) is 17.7 Å². The van der Waals surface area contributed by atoms with Gasteiger partial charge in [-0.1, -0.05) is 19.1 Å². The van der Waals surface area contributed by atoms with Gasteiger partial charge in [0.25, 0.3) is 0 Å². The van der Waals surface area contributed by atoms with Crippen molar-refractivity contribution in [3.8, 4) is 0 Å². The van der Waals surface area contributed by atoms with Crippen LogP contribution < -0.4 is 5.32 Å². The number of furan rings is 1. The van der Waals surface area contributed by atoms with Crippen LogP contribution in [0.25, 0.3) is 0 Å². The summed E-state index contributed by atoms with van der Waals surface area (Å²) in [5.74, 6) is 0.587. The van der Waals surface area contributed by atoms with Crippen LogP contribution in [0.15, 0.2) is 47.1 Å². The van der Waals surface area contributed by atoms with Crippen molar-refractivity contribution in [3.05, 3.63) is 59.8 Å². The van der Waals surface area contributed by atoms with E-state index in [1.54, 1.807) is 30.5 Å². The summed E-state index contributed by atoms with van der Waals surface area (Å²) < 4.78 is 17.9. The maximum atomic E-state index is 12.8. The Morgan fingerprint density at radius 3 is 2.58 bits per heavy atom. The average Bonchev–Trinajstić information content (AvgIpc) is 2.93. The van der Waals surface area contributed by atoms with E-state index in [4.69, 9.17) is 4.42 Å². The standard InChI is InChI=1S/C15H18FNO2/c1-11(12-4-6-13(16)7-5-12)9-17-10-14(18)15-3-2-8-19-15/h2-8,11,14,17-18H,9-10H2,1H3. The molecule has 0 fully saturated rings. The molecule has 0 aliphatic heterocycles. The molecule has 0 amide bonds. The minimum Gasteiger partial charge on any atom is -0.467 e. The van der Waals surface area contributed by atoms with Gasteiger partial charge in [0, 0.05) is 13.1 Å². The van der Waals surface area contributed by atoms with Gasteiger partial charge in [-0.25, -0.2) is 4.39 Å². The van der Waals surface area contributed by atoms with E-state index in [9.17, 15) is 9.50 Å². The smallest absolute Gasteiger partial charge is 0.133 e. The molecule has 102 valence electrons. The van der Waals surface area contributed by atoms with Gasteiger partial charge in [0.05, 0.1) is 6.26 Å². The van der Waals surface area contributed by atoms with Crippen molar-refractivity contribution in [2.45, 2.75) is 18.9 Å². The third kappa shape index (κ3) is 3.91. The highest BCUT2D eigenvalue weighted by Crippen LogP contribution is 2.16. The van der Waals surface area contributed by atoms with E-state index < -0.39 is 6.10 Å². The minimum atomic E-state index is -0.643. The number of halogens is 1. The number of aliphatic hydroxyl groups is 1. The van der Waals surface area contributed by atoms with E-state index in [1.165, 1.54) is 12.1 Å². The molecule has 0 saturated heterocycles. The van der Waals surface area contributed by atoms with E-state index in [1.807, 2.05) is 0 Å².